The first-order valence-corrected chi connectivity index (χ1v) is 13.1. The van der Waals surface area contributed by atoms with E-state index in [4.69, 9.17) is 16.6 Å². The van der Waals surface area contributed by atoms with E-state index in [-0.39, 0.29) is 5.91 Å². The number of rotatable bonds is 6. The van der Waals surface area contributed by atoms with Gasteiger partial charge in [-0.15, -0.1) is 0 Å². The average molecular weight is 513 g/mol. The molecule has 0 unspecified atom stereocenters. The van der Waals surface area contributed by atoms with Crippen molar-refractivity contribution < 1.29 is 4.79 Å². The molecule has 172 valence electrons. The predicted molar refractivity (Wildman–Crippen MR) is 148 cm³/mol. The van der Waals surface area contributed by atoms with Crippen LogP contribution in [0.1, 0.15) is 11.1 Å². The molecule has 0 spiro atoms. The van der Waals surface area contributed by atoms with Gasteiger partial charge in [0.25, 0.3) is 5.91 Å². The fraction of sp³-hybridized carbons (Fsp3) is 0.0345. The maximum absolute atomic E-state index is 13.4. The molecule has 1 fully saturated rings. The molecule has 1 heterocycles. The molecule has 0 aromatic heterocycles. The molecule has 0 N–H and O–H groups in total. The first-order valence-electron chi connectivity index (χ1n) is 11.1. The Morgan fingerprint density at radius 1 is 0.800 bits per heavy atom. The highest BCUT2D eigenvalue weighted by Crippen LogP contribution is 2.36. The molecule has 1 aliphatic heterocycles. The number of carbonyl (C=O) groups is 1. The minimum Gasteiger partial charge on any atom is -0.282 e. The van der Waals surface area contributed by atoms with Gasteiger partial charge in [0.05, 0.1) is 17.1 Å². The largest absolute Gasteiger partial charge is 0.282 e. The Morgan fingerprint density at radius 3 is 2.06 bits per heavy atom. The summed E-state index contributed by atoms with van der Waals surface area (Å²) in [4.78, 5) is 22.8. The van der Waals surface area contributed by atoms with E-state index in [9.17, 15) is 4.79 Å². The lowest BCUT2D eigenvalue weighted by Gasteiger charge is -2.15. The van der Waals surface area contributed by atoms with Gasteiger partial charge < -0.3 is 0 Å². The number of benzene rings is 4. The molecule has 0 radical (unpaired) electrons. The number of hydrogen-bond acceptors (Lipinski definition) is 4. The van der Waals surface area contributed by atoms with E-state index in [0.29, 0.717) is 16.6 Å². The van der Waals surface area contributed by atoms with Crippen molar-refractivity contribution in [3.05, 3.63) is 130 Å². The van der Waals surface area contributed by atoms with Crippen molar-refractivity contribution >= 4 is 58.0 Å². The number of para-hydroxylation sites is 1. The lowest BCUT2D eigenvalue weighted by atomic mass is 10.2. The van der Waals surface area contributed by atoms with Crippen molar-refractivity contribution in [3.63, 3.8) is 0 Å². The zero-order chi connectivity index (χ0) is 24.0. The van der Waals surface area contributed by atoms with Crippen LogP contribution in [0.15, 0.2) is 129 Å². The molecule has 6 heteroatoms. The Bertz CT molecular complexity index is 1370. The summed E-state index contributed by atoms with van der Waals surface area (Å²) in [6, 6.07) is 35.7. The number of aliphatic imine (C=N–C) groups is 1. The Balaban J connectivity index is 1.38. The van der Waals surface area contributed by atoms with Crippen LogP contribution in [-0.4, -0.2) is 16.0 Å². The summed E-state index contributed by atoms with van der Waals surface area (Å²) in [6.07, 6.45) is 1.94. The summed E-state index contributed by atoms with van der Waals surface area (Å²) in [6.45, 7) is 0.479. The standard InChI is InChI=1S/C29H21ClN2OS2/c30-23-13-17-26(18-14-23)34-25-15-11-21(12-16-25)19-27-28(33)32(20-22-7-3-1-4-8-22)29(35-27)31-24-9-5-2-6-10-24/h1-19H,20H2/b27-19-,31-29?. The highest BCUT2D eigenvalue weighted by molar-refractivity contribution is 8.18. The fourth-order valence-corrected chi connectivity index (χ4v) is 5.47. The quantitative estimate of drug-likeness (QED) is 0.243. The van der Waals surface area contributed by atoms with E-state index in [2.05, 4.69) is 12.1 Å². The van der Waals surface area contributed by atoms with Crippen LogP contribution in [0, 0.1) is 0 Å². The molecule has 1 saturated heterocycles. The highest BCUT2D eigenvalue weighted by atomic mass is 35.5. The van der Waals surface area contributed by atoms with E-state index in [1.807, 2.05) is 103 Å². The van der Waals surface area contributed by atoms with Crippen molar-refractivity contribution in [2.75, 3.05) is 0 Å². The molecular formula is C29H21ClN2OS2. The molecule has 1 amide bonds. The van der Waals surface area contributed by atoms with Gasteiger partial charge in [0.1, 0.15) is 0 Å². The predicted octanol–water partition coefficient (Wildman–Crippen LogP) is 8.30. The minimum atomic E-state index is -0.0341. The van der Waals surface area contributed by atoms with Crippen LogP contribution in [0.25, 0.3) is 6.08 Å². The number of amides is 1. The number of nitrogens with zero attached hydrogens (tertiary/aromatic N) is 2. The monoisotopic (exact) mass is 512 g/mol. The fourth-order valence-electron chi connectivity index (χ4n) is 3.53. The zero-order valence-corrected chi connectivity index (χ0v) is 21.1. The molecule has 0 bridgehead atoms. The first kappa shape index (κ1) is 23.5. The van der Waals surface area contributed by atoms with Gasteiger partial charge in [0.15, 0.2) is 5.17 Å². The van der Waals surface area contributed by atoms with Crippen molar-refractivity contribution in [1.29, 1.82) is 0 Å². The summed E-state index contributed by atoms with van der Waals surface area (Å²) < 4.78 is 0. The van der Waals surface area contributed by atoms with Crippen LogP contribution in [0.4, 0.5) is 5.69 Å². The van der Waals surface area contributed by atoms with Crippen LogP contribution in [-0.2, 0) is 11.3 Å². The maximum atomic E-state index is 13.4. The molecule has 0 aliphatic carbocycles. The number of halogens is 1. The average Bonchev–Trinajstić information content (AvgIpc) is 3.16. The summed E-state index contributed by atoms with van der Waals surface area (Å²) in [5.74, 6) is -0.0341. The number of hydrogen-bond donors (Lipinski definition) is 0. The minimum absolute atomic E-state index is 0.0341. The molecule has 35 heavy (non-hydrogen) atoms. The summed E-state index contributed by atoms with van der Waals surface area (Å²) in [5.41, 5.74) is 2.86. The maximum Gasteiger partial charge on any atom is 0.267 e. The normalized spacial score (nSPS) is 15.8. The molecule has 0 atom stereocenters. The van der Waals surface area contributed by atoms with Gasteiger partial charge >= 0.3 is 0 Å². The topological polar surface area (TPSA) is 32.7 Å². The van der Waals surface area contributed by atoms with Gasteiger partial charge in [-0.2, -0.15) is 0 Å². The third-order valence-electron chi connectivity index (χ3n) is 5.28. The van der Waals surface area contributed by atoms with Crippen LogP contribution < -0.4 is 0 Å². The number of thioether (sulfide) groups is 1. The van der Waals surface area contributed by atoms with Gasteiger partial charge in [0.2, 0.25) is 0 Å². The van der Waals surface area contributed by atoms with Gasteiger partial charge in [-0.25, -0.2) is 4.99 Å². The lowest BCUT2D eigenvalue weighted by molar-refractivity contribution is -0.122. The second kappa shape index (κ2) is 11.0. The summed E-state index contributed by atoms with van der Waals surface area (Å²) >= 11 is 9.07. The van der Waals surface area contributed by atoms with Crippen molar-refractivity contribution in [2.45, 2.75) is 16.3 Å². The molecule has 4 aromatic carbocycles. The van der Waals surface area contributed by atoms with E-state index < -0.39 is 0 Å². The molecule has 0 saturated carbocycles. The number of amidine groups is 1. The smallest absolute Gasteiger partial charge is 0.267 e. The first-order chi connectivity index (χ1) is 17.1. The third-order valence-corrected chi connectivity index (χ3v) is 7.55. The van der Waals surface area contributed by atoms with Crippen molar-refractivity contribution in [2.24, 2.45) is 4.99 Å². The summed E-state index contributed by atoms with van der Waals surface area (Å²) in [5, 5.41) is 1.41. The van der Waals surface area contributed by atoms with E-state index in [1.54, 1.807) is 16.7 Å². The van der Waals surface area contributed by atoms with Crippen LogP contribution >= 0.6 is 35.1 Å². The van der Waals surface area contributed by atoms with Crippen molar-refractivity contribution in [1.82, 2.24) is 4.90 Å². The van der Waals surface area contributed by atoms with E-state index >= 15 is 0 Å². The van der Waals surface area contributed by atoms with Gasteiger partial charge in [-0.3, -0.25) is 9.69 Å². The van der Waals surface area contributed by atoms with Gasteiger partial charge in [-0.1, -0.05) is 84.0 Å². The highest BCUT2D eigenvalue weighted by Gasteiger charge is 2.33. The van der Waals surface area contributed by atoms with Crippen LogP contribution in [0.2, 0.25) is 5.02 Å². The van der Waals surface area contributed by atoms with E-state index in [0.717, 1.165) is 31.6 Å². The molecule has 1 aliphatic rings. The Kier molecular flexibility index (Phi) is 7.38. The Labute approximate surface area is 218 Å². The van der Waals surface area contributed by atoms with Crippen LogP contribution in [0.3, 0.4) is 0 Å². The zero-order valence-electron chi connectivity index (χ0n) is 18.7. The lowest BCUT2D eigenvalue weighted by Crippen LogP contribution is -2.28. The Hall–Kier alpha value is -3.25. The molecule has 5 rings (SSSR count). The second-order valence-corrected chi connectivity index (χ2v) is 10.4. The third kappa shape index (κ3) is 6.06. The van der Waals surface area contributed by atoms with Crippen LogP contribution in [0.5, 0.6) is 0 Å². The van der Waals surface area contributed by atoms with Gasteiger partial charge in [-0.05, 0) is 77.5 Å². The molecule has 3 nitrogen and oxygen atoms in total. The molecular weight excluding hydrogens is 492 g/mol. The van der Waals surface area contributed by atoms with E-state index in [1.165, 1.54) is 11.8 Å². The summed E-state index contributed by atoms with van der Waals surface area (Å²) in [7, 11) is 0. The van der Waals surface area contributed by atoms with Gasteiger partial charge in [0, 0.05) is 14.8 Å². The number of carbonyl (C=O) groups excluding carboxylic acids is 1. The van der Waals surface area contributed by atoms with Crippen molar-refractivity contribution in [3.8, 4) is 0 Å². The molecule has 4 aromatic rings. The second-order valence-electron chi connectivity index (χ2n) is 7.84. The SMILES string of the molecule is O=C1/C(=C/c2ccc(Sc3ccc(Cl)cc3)cc2)SC(=Nc2ccccc2)N1Cc1ccccc1. The Morgan fingerprint density at radius 2 is 1.40 bits per heavy atom.